The second kappa shape index (κ2) is 9.90. The van der Waals surface area contributed by atoms with E-state index in [-0.39, 0.29) is 6.79 Å². The maximum Gasteiger partial charge on any atom is 0.231 e. The molecule has 180 valence electrons. The van der Waals surface area contributed by atoms with Crippen molar-refractivity contribution in [3.63, 3.8) is 0 Å². The van der Waals surface area contributed by atoms with Gasteiger partial charge in [-0.15, -0.1) is 5.10 Å². The molecule has 1 aliphatic rings. The zero-order valence-corrected chi connectivity index (χ0v) is 19.6. The fraction of sp³-hybridized carbons (Fsp3) is 0.240. The minimum Gasteiger partial charge on any atom is -0.493 e. The van der Waals surface area contributed by atoms with Crippen molar-refractivity contribution in [2.24, 2.45) is 0 Å². The fourth-order valence-corrected chi connectivity index (χ4v) is 4.02. The molecule has 1 aromatic heterocycles. The Morgan fingerprint density at radius 2 is 1.66 bits per heavy atom. The Morgan fingerprint density at radius 3 is 2.37 bits per heavy atom. The molecule has 3 aromatic carbocycles. The molecule has 0 fully saturated rings. The molecule has 1 aliphatic heterocycles. The first-order valence-electron chi connectivity index (χ1n) is 11.0. The van der Waals surface area contributed by atoms with Gasteiger partial charge in [-0.05, 0) is 45.8 Å². The molecule has 1 unspecified atom stereocenters. The van der Waals surface area contributed by atoms with E-state index in [0.717, 1.165) is 16.8 Å². The number of nitrogens with one attached hydrogen (secondary N) is 1. The lowest BCUT2D eigenvalue weighted by Gasteiger charge is -2.21. The van der Waals surface area contributed by atoms with Gasteiger partial charge in [0.2, 0.25) is 12.5 Å². The Morgan fingerprint density at radius 1 is 0.914 bits per heavy atom. The predicted octanol–water partition coefficient (Wildman–Crippen LogP) is 3.30. The summed E-state index contributed by atoms with van der Waals surface area (Å²) in [6.07, 6.45) is 0. The van der Waals surface area contributed by atoms with Crippen LogP contribution in [0, 0.1) is 0 Å². The first-order chi connectivity index (χ1) is 17.2. The minimum absolute atomic E-state index is 0.188. The van der Waals surface area contributed by atoms with Gasteiger partial charge < -0.3 is 23.7 Å². The summed E-state index contributed by atoms with van der Waals surface area (Å²) >= 11 is 0. The maximum absolute atomic E-state index is 5.59. The molecule has 0 saturated carbocycles. The monoisotopic (exact) mass is 475 g/mol. The number of hydrogen-bond acceptors (Lipinski definition) is 9. The molecule has 1 N–H and O–H groups in total. The molecule has 0 aliphatic carbocycles. The van der Waals surface area contributed by atoms with E-state index in [1.165, 1.54) is 0 Å². The van der Waals surface area contributed by atoms with E-state index < -0.39 is 6.04 Å². The van der Waals surface area contributed by atoms with E-state index in [9.17, 15) is 0 Å². The van der Waals surface area contributed by atoms with E-state index in [2.05, 4.69) is 33.0 Å². The van der Waals surface area contributed by atoms with E-state index in [1.807, 2.05) is 48.5 Å². The first kappa shape index (κ1) is 22.5. The van der Waals surface area contributed by atoms with Crippen LogP contribution >= 0.6 is 0 Å². The second-order valence-electron chi connectivity index (χ2n) is 7.74. The molecule has 35 heavy (non-hydrogen) atoms. The van der Waals surface area contributed by atoms with E-state index in [1.54, 1.807) is 26.0 Å². The summed E-state index contributed by atoms with van der Waals surface area (Å²) in [7, 11) is 4.75. The van der Waals surface area contributed by atoms with Gasteiger partial charge in [0.1, 0.15) is 0 Å². The van der Waals surface area contributed by atoms with Gasteiger partial charge in [-0.2, -0.15) is 4.68 Å². The average Bonchev–Trinajstić information content (AvgIpc) is 3.58. The third-order valence-corrected chi connectivity index (χ3v) is 5.73. The molecule has 0 spiro atoms. The summed E-state index contributed by atoms with van der Waals surface area (Å²) < 4.78 is 29.4. The number of tetrazole rings is 1. The van der Waals surface area contributed by atoms with Crippen molar-refractivity contribution in [1.29, 1.82) is 0 Å². The van der Waals surface area contributed by atoms with Crippen LogP contribution in [0.1, 0.15) is 23.0 Å². The highest BCUT2D eigenvalue weighted by Gasteiger charge is 2.26. The number of ether oxygens (including phenoxy) is 5. The second-order valence-corrected chi connectivity index (χ2v) is 7.74. The topological polar surface area (TPSA) is 102 Å². The van der Waals surface area contributed by atoms with Crippen LogP contribution in [0.25, 0.3) is 5.69 Å². The van der Waals surface area contributed by atoms with Crippen LogP contribution in [0.2, 0.25) is 0 Å². The van der Waals surface area contributed by atoms with E-state index in [0.29, 0.717) is 41.1 Å². The van der Waals surface area contributed by atoms with Crippen molar-refractivity contribution < 1.29 is 23.7 Å². The maximum atomic E-state index is 5.59. The van der Waals surface area contributed by atoms with Gasteiger partial charge in [-0.3, -0.25) is 5.32 Å². The van der Waals surface area contributed by atoms with Crippen LogP contribution < -0.4 is 29.0 Å². The molecule has 5 rings (SSSR count). The number of hydrogen-bond donors (Lipinski definition) is 1. The van der Waals surface area contributed by atoms with Gasteiger partial charge in [-0.25, -0.2) is 0 Å². The van der Waals surface area contributed by atoms with Gasteiger partial charge in [0.05, 0.1) is 33.1 Å². The van der Waals surface area contributed by atoms with Crippen molar-refractivity contribution >= 4 is 0 Å². The number of rotatable bonds is 9. The van der Waals surface area contributed by atoms with Crippen LogP contribution in [0.4, 0.5) is 0 Å². The van der Waals surface area contributed by atoms with Gasteiger partial charge in [0.15, 0.2) is 28.8 Å². The van der Waals surface area contributed by atoms with Crippen LogP contribution in [0.15, 0.2) is 60.7 Å². The lowest BCUT2D eigenvalue weighted by molar-refractivity contribution is 0.174. The third kappa shape index (κ3) is 4.43. The van der Waals surface area contributed by atoms with Crippen molar-refractivity contribution in [1.82, 2.24) is 25.5 Å². The standard InChI is InChI=1S/C25H25N5O5/c1-31-21-11-17(12-22(32-2)24(21)33-3)23(26-14-16-7-5-4-6-8-16)25-27-28-29-30(25)18-9-10-19-20(13-18)35-15-34-19/h4-13,23,26H,14-15H2,1-3H3. The summed E-state index contributed by atoms with van der Waals surface area (Å²) in [5.41, 5.74) is 2.70. The van der Waals surface area contributed by atoms with Crippen LogP contribution in [0.3, 0.4) is 0 Å². The molecule has 0 amide bonds. The summed E-state index contributed by atoms with van der Waals surface area (Å²) in [4.78, 5) is 0. The van der Waals surface area contributed by atoms with Gasteiger partial charge in [0.25, 0.3) is 0 Å². The number of aromatic nitrogens is 4. The van der Waals surface area contributed by atoms with Gasteiger partial charge in [0, 0.05) is 12.6 Å². The fourth-order valence-electron chi connectivity index (χ4n) is 4.02. The Bertz CT molecular complexity index is 1290. The Hall–Kier alpha value is -4.31. The normalized spacial score (nSPS) is 12.9. The SMILES string of the molecule is COc1cc(C(NCc2ccccc2)c2nnnn2-c2ccc3c(c2)OCO3)cc(OC)c1OC. The molecule has 10 heteroatoms. The highest BCUT2D eigenvalue weighted by Crippen LogP contribution is 2.41. The van der Waals surface area contributed by atoms with Crippen molar-refractivity contribution in [3.05, 3.63) is 77.6 Å². The van der Waals surface area contributed by atoms with Crippen LogP contribution in [-0.4, -0.2) is 48.3 Å². The Balaban J connectivity index is 1.59. The highest BCUT2D eigenvalue weighted by molar-refractivity contribution is 5.55. The van der Waals surface area contributed by atoms with Crippen LogP contribution in [0.5, 0.6) is 28.7 Å². The number of benzene rings is 3. The molecule has 2 heterocycles. The highest BCUT2D eigenvalue weighted by atomic mass is 16.7. The summed E-state index contributed by atoms with van der Waals surface area (Å²) in [5, 5.41) is 16.2. The lowest BCUT2D eigenvalue weighted by atomic mass is 10.0. The zero-order chi connectivity index (χ0) is 24.2. The molecule has 0 radical (unpaired) electrons. The Labute approximate surface area is 202 Å². The Kier molecular flexibility index (Phi) is 6.36. The quantitative estimate of drug-likeness (QED) is 0.391. The zero-order valence-electron chi connectivity index (χ0n) is 19.6. The summed E-state index contributed by atoms with van der Waals surface area (Å²) in [6, 6.07) is 19.1. The van der Waals surface area contributed by atoms with Gasteiger partial charge in [-0.1, -0.05) is 30.3 Å². The lowest BCUT2D eigenvalue weighted by Crippen LogP contribution is -2.25. The molecular weight excluding hydrogens is 450 g/mol. The smallest absolute Gasteiger partial charge is 0.231 e. The summed E-state index contributed by atoms with van der Waals surface area (Å²) in [6.45, 7) is 0.768. The van der Waals surface area contributed by atoms with Crippen molar-refractivity contribution in [2.45, 2.75) is 12.6 Å². The predicted molar refractivity (Wildman–Crippen MR) is 126 cm³/mol. The molecule has 0 saturated heterocycles. The number of fused-ring (bicyclic) bond motifs is 1. The molecule has 10 nitrogen and oxygen atoms in total. The molecule has 1 atom stereocenters. The molecule has 4 aromatic rings. The van der Waals surface area contributed by atoms with E-state index >= 15 is 0 Å². The summed E-state index contributed by atoms with van der Waals surface area (Å²) in [5.74, 6) is 3.49. The average molecular weight is 476 g/mol. The molecule has 0 bridgehead atoms. The first-order valence-corrected chi connectivity index (χ1v) is 11.0. The van der Waals surface area contributed by atoms with E-state index in [4.69, 9.17) is 23.7 Å². The van der Waals surface area contributed by atoms with Crippen molar-refractivity contribution in [2.75, 3.05) is 28.1 Å². The van der Waals surface area contributed by atoms with Crippen LogP contribution in [-0.2, 0) is 6.54 Å². The van der Waals surface area contributed by atoms with Gasteiger partial charge >= 0.3 is 0 Å². The number of methoxy groups -OCH3 is 3. The minimum atomic E-state index is -0.413. The van der Waals surface area contributed by atoms with Crippen molar-refractivity contribution in [3.8, 4) is 34.4 Å². The molecular formula is C25H25N5O5. The third-order valence-electron chi connectivity index (χ3n) is 5.73. The number of nitrogens with zero attached hydrogens (tertiary/aromatic N) is 4. The largest absolute Gasteiger partial charge is 0.493 e.